The van der Waals surface area contributed by atoms with E-state index in [-0.39, 0.29) is 31.2 Å². The van der Waals surface area contributed by atoms with Gasteiger partial charge in [0, 0.05) is 31.3 Å². The van der Waals surface area contributed by atoms with E-state index in [2.05, 4.69) is 15.6 Å². The Morgan fingerprint density at radius 3 is 2.88 bits per heavy atom. The second-order valence-electron chi connectivity index (χ2n) is 5.97. The van der Waals surface area contributed by atoms with Gasteiger partial charge in [0.1, 0.15) is 11.8 Å². The topological polar surface area (TPSA) is 105 Å². The number of imide groups is 1. The van der Waals surface area contributed by atoms with Crippen LogP contribution in [0.2, 0.25) is 0 Å². The third-order valence-electron chi connectivity index (χ3n) is 4.09. The van der Waals surface area contributed by atoms with E-state index < -0.39 is 12.1 Å². The third-order valence-corrected chi connectivity index (χ3v) is 4.09. The van der Waals surface area contributed by atoms with Crippen LogP contribution in [0.1, 0.15) is 24.3 Å². The molecule has 0 radical (unpaired) electrons. The Hall–Kier alpha value is -3.16. The number of amides is 4. The minimum Gasteiger partial charge on any atom is -0.467 e. The second kappa shape index (κ2) is 8.28. The molecule has 8 heteroatoms. The molecule has 0 aliphatic carbocycles. The molecule has 0 aromatic carbocycles. The van der Waals surface area contributed by atoms with Gasteiger partial charge in [0.15, 0.2) is 0 Å². The highest BCUT2D eigenvalue weighted by molar-refractivity contribution is 6.04. The number of hydrogen-bond donors (Lipinski definition) is 2. The first kappa shape index (κ1) is 17.7. The lowest BCUT2D eigenvalue weighted by Crippen LogP contribution is -2.33. The first-order chi connectivity index (χ1) is 12.6. The summed E-state index contributed by atoms with van der Waals surface area (Å²) >= 11 is 0. The van der Waals surface area contributed by atoms with Gasteiger partial charge in [-0.05, 0) is 30.7 Å². The largest absolute Gasteiger partial charge is 0.467 e. The molecule has 8 nitrogen and oxygen atoms in total. The highest BCUT2D eigenvalue weighted by Crippen LogP contribution is 2.15. The molecule has 136 valence electrons. The van der Waals surface area contributed by atoms with E-state index in [4.69, 9.17) is 4.42 Å². The lowest BCUT2D eigenvalue weighted by molar-refractivity contribution is -0.128. The monoisotopic (exact) mass is 356 g/mol. The summed E-state index contributed by atoms with van der Waals surface area (Å²) in [7, 11) is 0. The van der Waals surface area contributed by atoms with Crippen molar-refractivity contribution in [1.29, 1.82) is 0 Å². The third kappa shape index (κ3) is 4.47. The van der Waals surface area contributed by atoms with Crippen LogP contribution in [-0.2, 0) is 22.6 Å². The average molecular weight is 356 g/mol. The van der Waals surface area contributed by atoms with Crippen molar-refractivity contribution in [2.45, 2.75) is 31.8 Å². The molecule has 4 amide bonds. The van der Waals surface area contributed by atoms with Crippen molar-refractivity contribution in [1.82, 2.24) is 20.5 Å². The quantitative estimate of drug-likeness (QED) is 0.692. The predicted octanol–water partition coefficient (Wildman–Crippen LogP) is 1.23. The molecular formula is C18H20N4O4. The van der Waals surface area contributed by atoms with E-state index in [1.807, 2.05) is 18.2 Å². The fourth-order valence-corrected chi connectivity index (χ4v) is 2.72. The molecule has 0 unspecified atom stereocenters. The Morgan fingerprint density at radius 2 is 2.15 bits per heavy atom. The molecule has 0 bridgehead atoms. The number of carbonyl (C=O) groups excluding carboxylic acids is 3. The average Bonchev–Trinajstić information content (AvgIpc) is 3.25. The highest BCUT2D eigenvalue weighted by atomic mass is 16.3. The van der Waals surface area contributed by atoms with Gasteiger partial charge in [-0.1, -0.05) is 6.07 Å². The standard InChI is InChI=1S/C18H20N4O4/c23-16(20-10-8-13-4-1-2-9-19-13)7-6-15-17(24)22(18(25)21-15)12-14-5-3-11-26-14/h1-5,9,11,15H,6-8,10,12H2,(H,20,23)(H,21,25)/t15-/m1/s1. The maximum Gasteiger partial charge on any atom is 0.325 e. The molecule has 0 spiro atoms. The Balaban J connectivity index is 1.40. The molecule has 3 rings (SSSR count). The van der Waals surface area contributed by atoms with Crippen molar-refractivity contribution in [2.75, 3.05) is 6.54 Å². The minimum absolute atomic E-state index is 0.0877. The molecule has 2 aromatic rings. The molecule has 1 saturated heterocycles. The Kier molecular flexibility index (Phi) is 5.62. The fourth-order valence-electron chi connectivity index (χ4n) is 2.72. The van der Waals surface area contributed by atoms with Crippen LogP contribution in [0.5, 0.6) is 0 Å². The van der Waals surface area contributed by atoms with E-state index >= 15 is 0 Å². The van der Waals surface area contributed by atoms with E-state index in [9.17, 15) is 14.4 Å². The summed E-state index contributed by atoms with van der Waals surface area (Å²) in [6.45, 7) is 0.565. The van der Waals surface area contributed by atoms with Crippen LogP contribution < -0.4 is 10.6 Å². The highest BCUT2D eigenvalue weighted by Gasteiger charge is 2.38. The molecule has 1 aliphatic rings. The molecule has 1 fully saturated rings. The maximum absolute atomic E-state index is 12.3. The summed E-state index contributed by atoms with van der Waals surface area (Å²) in [4.78, 5) is 41.5. The minimum atomic E-state index is -0.681. The van der Waals surface area contributed by atoms with Gasteiger partial charge in [-0.3, -0.25) is 19.5 Å². The van der Waals surface area contributed by atoms with Crippen molar-refractivity contribution in [2.24, 2.45) is 0 Å². The summed E-state index contributed by atoms with van der Waals surface area (Å²) in [5.41, 5.74) is 0.902. The number of urea groups is 1. The van der Waals surface area contributed by atoms with Crippen molar-refractivity contribution >= 4 is 17.8 Å². The lowest BCUT2D eigenvalue weighted by atomic mass is 10.1. The number of hydrogen-bond acceptors (Lipinski definition) is 5. The van der Waals surface area contributed by atoms with Crippen LogP contribution >= 0.6 is 0 Å². The van der Waals surface area contributed by atoms with E-state index in [0.29, 0.717) is 18.7 Å². The first-order valence-electron chi connectivity index (χ1n) is 8.44. The van der Waals surface area contributed by atoms with Crippen LogP contribution in [0.15, 0.2) is 47.2 Å². The van der Waals surface area contributed by atoms with E-state index in [1.165, 1.54) is 6.26 Å². The number of pyridine rings is 1. The van der Waals surface area contributed by atoms with Crippen molar-refractivity contribution in [3.05, 3.63) is 54.2 Å². The lowest BCUT2D eigenvalue weighted by Gasteiger charge is -2.11. The molecule has 2 aromatic heterocycles. The van der Waals surface area contributed by atoms with Gasteiger partial charge in [-0.2, -0.15) is 0 Å². The second-order valence-corrected chi connectivity index (χ2v) is 5.97. The number of furan rings is 1. The molecule has 2 N–H and O–H groups in total. The van der Waals surface area contributed by atoms with Gasteiger partial charge in [0.25, 0.3) is 5.91 Å². The van der Waals surface area contributed by atoms with E-state index in [1.54, 1.807) is 18.3 Å². The van der Waals surface area contributed by atoms with Crippen LogP contribution in [0.4, 0.5) is 4.79 Å². The van der Waals surface area contributed by atoms with Gasteiger partial charge in [-0.25, -0.2) is 4.79 Å². The normalized spacial score (nSPS) is 16.6. The predicted molar refractivity (Wildman–Crippen MR) is 91.8 cm³/mol. The number of aromatic nitrogens is 1. The number of carbonyl (C=O) groups is 3. The number of nitrogens with one attached hydrogen (secondary N) is 2. The summed E-state index contributed by atoms with van der Waals surface area (Å²) in [6.07, 6.45) is 4.26. The van der Waals surface area contributed by atoms with Gasteiger partial charge in [0.2, 0.25) is 5.91 Å². The summed E-state index contributed by atoms with van der Waals surface area (Å²) in [5, 5.41) is 5.41. The molecule has 1 atom stereocenters. The fraction of sp³-hybridized carbons (Fsp3) is 0.333. The van der Waals surface area contributed by atoms with Gasteiger partial charge >= 0.3 is 6.03 Å². The summed E-state index contributed by atoms with van der Waals surface area (Å²) in [5.74, 6) is 0.0292. The van der Waals surface area contributed by atoms with Crippen LogP contribution in [0.25, 0.3) is 0 Å². The Bertz CT molecular complexity index is 761. The van der Waals surface area contributed by atoms with Gasteiger partial charge in [-0.15, -0.1) is 0 Å². The molecule has 0 saturated carbocycles. The van der Waals surface area contributed by atoms with Crippen molar-refractivity contribution < 1.29 is 18.8 Å². The zero-order valence-electron chi connectivity index (χ0n) is 14.2. The zero-order chi connectivity index (χ0) is 18.4. The zero-order valence-corrected chi connectivity index (χ0v) is 14.2. The van der Waals surface area contributed by atoms with Crippen molar-refractivity contribution in [3.8, 4) is 0 Å². The maximum atomic E-state index is 12.3. The SMILES string of the molecule is O=C(CC[C@H]1NC(=O)N(Cc2ccco2)C1=O)NCCc1ccccn1. The van der Waals surface area contributed by atoms with E-state index in [0.717, 1.165) is 10.6 Å². The summed E-state index contributed by atoms with van der Waals surface area (Å²) in [6, 6.07) is 7.87. The van der Waals surface area contributed by atoms with Gasteiger partial charge < -0.3 is 15.1 Å². The smallest absolute Gasteiger partial charge is 0.325 e. The van der Waals surface area contributed by atoms with Crippen LogP contribution in [0, 0.1) is 0 Å². The molecule has 1 aliphatic heterocycles. The molecular weight excluding hydrogens is 336 g/mol. The van der Waals surface area contributed by atoms with Crippen LogP contribution in [-0.4, -0.2) is 40.3 Å². The Labute approximate surface area is 150 Å². The van der Waals surface area contributed by atoms with Crippen LogP contribution in [0.3, 0.4) is 0 Å². The Morgan fingerprint density at radius 1 is 1.27 bits per heavy atom. The molecule has 26 heavy (non-hydrogen) atoms. The first-order valence-corrected chi connectivity index (χ1v) is 8.44. The molecule has 3 heterocycles. The summed E-state index contributed by atoms with van der Waals surface area (Å²) < 4.78 is 5.16. The number of nitrogens with zero attached hydrogens (tertiary/aromatic N) is 2. The van der Waals surface area contributed by atoms with Crippen molar-refractivity contribution in [3.63, 3.8) is 0 Å². The van der Waals surface area contributed by atoms with Gasteiger partial charge in [0.05, 0.1) is 12.8 Å². The number of rotatable bonds is 8.